The molecule has 1 saturated carbocycles. The third-order valence-electron chi connectivity index (χ3n) is 6.61. The fourth-order valence-electron chi connectivity index (χ4n) is 4.76. The van der Waals surface area contributed by atoms with Gasteiger partial charge in [-0.05, 0) is 49.3 Å². The van der Waals surface area contributed by atoms with Crippen molar-refractivity contribution >= 4 is 23.5 Å². The molecule has 0 unspecified atom stereocenters. The lowest BCUT2D eigenvalue weighted by Crippen LogP contribution is -2.34. The number of nitrogens with one attached hydrogen (secondary N) is 1. The highest BCUT2D eigenvalue weighted by atomic mass is 16.3. The van der Waals surface area contributed by atoms with Crippen LogP contribution in [0.5, 0.6) is 5.88 Å². The summed E-state index contributed by atoms with van der Waals surface area (Å²) in [5.74, 6) is -1.03. The van der Waals surface area contributed by atoms with Gasteiger partial charge in [0.15, 0.2) is 5.56 Å². The van der Waals surface area contributed by atoms with E-state index in [1.54, 1.807) is 18.5 Å². The van der Waals surface area contributed by atoms with Crippen LogP contribution in [-0.2, 0) is 11.3 Å². The number of aromatic nitrogens is 4. The van der Waals surface area contributed by atoms with E-state index in [0.29, 0.717) is 24.3 Å². The molecule has 1 aliphatic carbocycles. The molecule has 0 bridgehead atoms. The molecule has 0 spiro atoms. The van der Waals surface area contributed by atoms with Crippen molar-refractivity contribution in [2.24, 2.45) is 5.92 Å². The normalized spacial score (nSPS) is 18.0. The number of nitrogens with zero attached hydrogens (tertiary/aromatic N) is 5. The highest BCUT2D eigenvalue weighted by Crippen LogP contribution is 2.32. The minimum absolute atomic E-state index is 0.0320. The first-order valence-corrected chi connectivity index (χ1v) is 12.4. The Balaban J connectivity index is 1.50. The zero-order chi connectivity index (χ0) is 25.4. The highest BCUT2D eigenvalue weighted by Gasteiger charge is 2.31. The molecule has 36 heavy (non-hydrogen) atoms. The van der Waals surface area contributed by atoms with Gasteiger partial charge in [-0.25, -0.2) is 0 Å². The van der Waals surface area contributed by atoms with Crippen LogP contribution in [0.1, 0.15) is 67.1 Å². The quantitative estimate of drug-likeness (QED) is 0.491. The average Bonchev–Trinajstić information content (AvgIpc) is 3.36. The first-order chi connectivity index (χ1) is 17.3. The SMILES string of the molecule is CC(C)Cn1c(O)c(C(=O)NC2CC2)c(=O)n2ncc(/C=C/C(=O)N3CCC[C@H]3c3cccnc3)c12. The van der Waals surface area contributed by atoms with E-state index >= 15 is 0 Å². The van der Waals surface area contributed by atoms with Gasteiger partial charge in [0.05, 0.1) is 12.2 Å². The summed E-state index contributed by atoms with van der Waals surface area (Å²) in [5.41, 5.74) is 0.829. The van der Waals surface area contributed by atoms with E-state index in [1.807, 2.05) is 30.9 Å². The largest absolute Gasteiger partial charge is 0.494 e. The Hall–Kier alpha value is -3.95. The highest BCUT2D eigenvalue weighted by molar-refractivity contribution is 5.97. The van der Waals surface area contributed by atoms with Gasteiger partial charge in [0.2, 0.25) is 11.8 Å². The maximum atomic E-state index is 13.2. The molecule has 2 amide bonds. The van der Waals surface area contributed by atoms with E-state index in [2.05, 4.69) is 15.4 Å². The zero-order valence-electron chi connectivity index (χ0n) is 20.4. The number of amides is 2. The number of likely N-dealkylation sites (tertiary alicyclic amines) is 1. The van der Waals surface area contributed by atoms with Crippen molar-refractivity contribution in [1.82, 2.24) is 29.4 Å². The summed E-state index contributed by atoms with van der Waals surface area (Å²) in [4.78, 5) is 45.0. The summed E-state index contributed by atoms with van der Waals surface area (Å²) in [6.07, 6.45) is 11.6. The van der Waals surface area contributed by atoms with E-state index in [-0.39, 0.29) is 29.5 Å². The number of aromatic hydroxyl groups is 1. The smallest absolute Gasteiger partial charge is 0.291 e. The van der Waals surface area contributed by atoms with Crippen LogP contribution in [0.4, 0.5) is 0 Å². The van der Waals surface area contributed by atoms with Crippen molar-refractivity contribution in [2.75, 3.05) is 6.54 Å². The topological polar surface area (TPSA) is 122 Å². The minimum Gasteiger partial charge on any atom is -0.494 e. The molecule has 1 aliphatic heterocycles. The summed E-state index contributed by atoms with van der Waals surface area (Å²) >= 11 is 0. The second-order valence-electron chi connectivity index (χ2n) is 9.90. The standard InChI is InChI=1S/C26H30N6O4/c1-16(2)15-31-24-18(7-10-21(33)30-12-4-6-20(30)17-5-3-11-27-13-17)14-28-32(24)26(36)22(25(31)35)23(34)29-19-8-9-19/h3,5,7,10-11,13-14,16,19-20,35H,4,6,8-9,12,15H2,1-2H3,(H,29,34)/b10-7+/t20-/m0/s1. The van der Waals surface area contributed by atoms with Gasteiger partial charge >= 0.3 is 0 Å². The van der Waals surface area contributed by atoms with Crippen molar-refractivity contribution < 1.29 is 14.7 Å². The molecule has 0 radical (unpaired) electrons. The molecule has 4 heterocycles. The van der Waals surface area contributed by atoms with E-state index in [4.69, 9.17) is 0 Å². The summed E-state index contributed by atoms with van der Waals surface area (Å²) in [6.45, 7) is 4.95. The Morgan fingerprint density at radius 2 is 2.06 bits per heavy atom. The van der Waals surface area contributed by atoms with Crippen LogP contribution in [-0.4, -0.2) is 53.6 Å². The van der Waals surface area contributed by atoms with Gasteiger partial charge in [-0.15, -0.1) is 0 Å². The summed E-state index contributed by atoms with van der Waals surface area (Å²) in [5, 5.41) is 18.0. The molecule has 1 atom stereocenters. The molecule has 188 valence electrons. The average molecular weight is 491 g/mol. The van der Waals surface area contributed by atoms with Gasteiger partial charge in [-0.2, -0.15) is 9.61 Å². The van der Waals surface area contributed by atoms with E-state index in [1.165, 1.54) is 16.8 Å². The van der Waals surface area contributed by atoms with Crippen LogP contribution >= 0.6 is 0 Å². The van der Waals surface area contributed by atoms with Crippen molar-refractivity contribution in [2.45, 2.75) is 58.2 Å². The monoisotopic (exact) mass is 490 g/mol. The van der Waals surface area contributed by atoms with Crippen molar-refractivity contribution in [3.63, 3.8) is 0 Å². The second-order valence-corrected chi connectivity index (χ2v) is 9.90. The molecule has 2 aliphatic rings. The first-order valence-electron chi connectivity index (χ1n) is 12.4. The van der Waals surface area contributed by atoms with Gasteiger partial charge in [-0.1, -0.05) is 19.9 Å². The lowest BCUT2D eigenvalue weighted by atomic mass is 10.1. The Labute approximate surface area is 208 Å². The van der Waals surface area contributed by atoms with Gasteiger partial charge in [-0.3, -0.25) is 23.9 Å². The fourth-order valence-corrected chi connectivity index (χ4v) is 4.76. The number of pyridine rings is 1. The van der Waals surface area contributed by atoms with Crippen LogP contribution < -0.4 is 10.9 Å². The molecular weight excluding hydrogens is 460 g/mol. The second kappa shape index (κ2) is 9.60. The molecule has 3 aromatic heterocycles. The zero-order valence-corrected chi connectivity index (χ0v) is 20.4. The molecule has 3 aromatic rings. The Kier molecular flexibility index (Phi) is 6.34. The van der Waals surface area contributed by atoms with Gasteiger partial charge < -0.3 is 15.3 Å². The molecule has 5 rings (SSSR count). The first kappa shape index (κ1) is 23.8. The number of carbonyl (C=O) groups is 2. The fraction of sp³-hybridized carbons (Fsp3) is 0.423. The molecule has 10 heteroatoms. The minimum atomic E-state index is -0.692. The maximum absolute atomic E-state index is 13.2. The molecule has 1 saturated heterocycles. The van der Waals surface area contributed by atoms with E-state index in [0.717, 1.165) is 35.8 Å². The molecular formula is C26H30N6O4. The van der Waals surface area contributed by atoms with E-state index in [9.17, 15) is 19.5 Å². The van der Waals surface area contributed by atoms with E-state index < -0.39 is 17.3 Å². The van der Waals surface area contributed by atoms with Crippen LogP contribution in [0.3, 0.4) is 0 Å². The Morgan fingerprint density at radius 3 is 2.75 bits per heavy atom. The molecule has 10 nitrogen and oxygen atoms in total. The number of rotatable bonds is 7. The number of fused-ring (bicyclic) bond motifs is 1. The predicted octanol–water partition coefficient (Wildman–Crippen LogP) is 2.52. The Bertz CT molecular complexity index is 1390. The number of hydrogen-bond acceptors (Lipinski definition) is 6. The van der Waals surface area contributed by atoms with Crippen molar-refractivity contribution in [1.29, 1.82) is 0 Å². The van der Waals surface area contributed by atoms with Gasteiger partial charge in [0.1, 0.15) is 5.65 Å². The Morgan fingerprint density at radius 1 is 1.25 bits per heavy atom. The summed E-state index contributed by atoms with van der Waals surface area (Å²) in [7, 11) is 0. The van der Waals surface area contributed by atoms with Crippen LogP contribution in [0, 0.1) is 5.92 Å². The lowest BCUT2D eigenvalue weighted by Gasteiger charge is -2.23. The van der Waals surface area contributed by atoms with Crippen molar-refractivity contribution in [3.05, 3.63) is 63.8 Å². The van der Waals surface area contributed by atoms with Crippen LogP contribution in [0.25, 0.3) is 11.7 Å². The number of hydrogen-bond donors (Lipinski definition) is 2. The third-order valence-corrected chi connectivity index (χ3v) is 6.61. The van der Waals surface area contributed by atoms with Crippen LogP contribution in [0.15, 0.2) is 41.6 Å². The lowest BCUT2D eigenvalue weighted by molar-refractivity contribution is -0.126. The van der Waals surface area contributed by atoms with Crippen LogP contribution in [0.2, 0.25) is 0 Å². The van der Waals surface area contributed by atoms with Gasteiger partial charge in [0.25, 0.3) is 11.5 Å². The van der Waals surface area contributed by atoms with Gasteiger partial charge in [0, 0.05) is 43.2 Å². The molecule has 2 fully saturated rings. The maximum Gasteiger partial charge on any atom is 0.291 e. The predicted molar refractivity (Wildman–Crippen MR) is 133 cm³/mol. The third kappa shape index (κ3) is 4.50. The number of carbonyl (C=O) groups excluding carboxylic acids is 2. The molecule has 0 aromatic carbocycles. The van der Waals surface area contributed by atoms with Crippen molar-refractivity contribution in [3.8, 4) is 5.88 Å². The summed E-state index contributed by atoms with van der Waals surface area (Å²) in [6, 6.07) is 3.84. The summed E-state index contributed by atoms with van der Waals surface area (Å²) < 4.78 is 2.65. The molecule has 2 N–H and O–H groups in total.